The van der Waals surface area contributed by atoms with Gasteiger partial charge in [0, 0.05) is 35.8 Å². The van der Waals surface area contributed by atoms with Gasteiger partial charge in [-0.2, -0.15) is 0 Å². The Hall–Kier alpha value is -3.35. The van der Waals surface area contributed by atoms with Gasteiger partial charge in [-0.1, -0.05) is 17.3 Å². The molecule has 7 heteroatoms. The molecular formula is C19H20N4O3. The summed E-state index contributed by atoms with van der Waals surface area (Å²) < 4.78 is 10.8. The SMILES string of the molecule is Cc1cc(NC(=O)C(C)Nc2cccc(OCc3cccnc3)c2)on1. The Morgan fingerprint density at radius 2 is 2.15 bits per heavy atom. The molecule has 0 bridgehead atoms. The molecule has 0 aliphatic heterocycles. The molecule has 0 fully saturated rings. The average Bonchev–Trinajstić information content (AvgIpc) is 3.06. The van der Waals surface area contributed by atoms with E-state index in [0.29, 0.717) is 23.9 Å². The third-order valence-corrected chi connectivity index (χ3v) is 3.61. The van der Waals surface area contributed by atoms with Gasteiger partial charge in [-0.15, -0.1) is 0 Å². The van der Waals surface area contributed by atoms with Crippen LogP contribution in [-0.2, 0) is 11.4 Å². The van der Waals surface area contributed by atoms with Crippen LogP contribution in [0.4, 0.5) is 11.6 Å². The fraction of sp³-hybridized carbons (Fsp3) is 0.211. The van der Waals surface area contributed by atoms with Gasteiger partial charge in [0.05, 0.1) is 5.69 Å². The number of nitrogens with zero attached hydrogens (tertiary/aromatic N) is 2. The van der Waals surface area contributed by atoms with Gasteiger partial charge in [-0.05, 0) is 32.0 Å². The number of amides is 1. The Morgan fingerprint density at radius 3 is 2.88 bits per heavy atom. The molecule has 0 aliphatic carbocycles. The van der Waals surface area contributed by atoms with E-state index < -0.39 is 6.04 Å². The van der Waals surface area contributed by atoms with E-state index in [2.05, 4.69) is 20.8 Å². The Kier molecular flexibility index (Phi) is 5.48. The first-order valence-corrected chi connectivity index (χ1v) is 8.22. The lowest BCUT2D eigenvalue weighted by Gasteiger charge is -2.15. The highest BCUT2D eigenvalue weighted by atomic mass is 16.5. The number of nitrogens with one attached hydrogen (secondary N) is 2. The molecule has 2 N–H and O–H groups in total. The molecule has 26 heavy (non-hydrogen) atoms. The number of carbonyl (C=O) groups excluding carboxylic acids is 1. The third kappa shape index (κ3) is 4.83. The Labute approximate surface area is 151 Å². The molecule has 3 aromatic rings. The topological polar surface area (TPSA) is 89.3 Å². The van der Waals surface area contributed by atoms with Crippen molar-refractivity contribution in [3.63, 3.8) is 0 Å². The second-order valence-electron chi connectivity index (χ2n) is 5.87. The van der Waals surface area contributed by atoms with Crippen LogP contribution in [0.3, 0.4) is 0 Å². The normalized spacial score (nSPS) is 11.6. The summed E-state index contributed by atoms with van der Waals surface area (Å²) in [7, 11) is 0. The van der Waals surface area contributed by atoms with Gasteiger partial charge in [0.2, 0.25) is 11.8 Å². The molecule has 134 valence electrons. The van der Waals surface area contributed by atoms with Crippen molar-refractivity contribution in [3.05, 3.63) is 66.1 Å². The second-order valence-corrected chi connectivity index (χ2v) is 5.87. The van der Waals surface area contributed by atoms with Gasteiger partial charge in [0.15, 0.2) is 0 Å². The highest BCUT2D eigenvalue weighted by Gasteiger charge is 2.15. The summed E-state index contributed by atoms with van der Waals surface area (Å²) >= 11 is 0. The van der Waals surface area contributed by atoms with Gasteiger partial charge < -0.3 is 14.6 Å². The number of benzene rings is 1. The number of ether oxygens (including phenoxy) is 1. The van der Waals surface area contributed by atoms with Crippen LogP contribution in [0, 0.1) is 6.92 Å². The molecule has 0 saturated heterocycles. The minimum Gasteiger partial charge on any atom is -0.489 e. The number of pyridine rings is 1. The summed E-state index contributed by atoms with van der Waals surface area (Å²) in [5.41, 5.74) is 2.48. The average molecular weight is 352 g/mol. The summed E-state index contributed by atoms with van der Waals surface area (Å²) in [4.78, 5) is 16.3. The number of aryl methyl sites for hydroxylation is 1. The largest absolute Gasteiger partial charge is 0.489 e. The molecule has 0 aliphatic rings. The van der Waals surface area contributed by atoms with E-state index in [-0.39, 0.29) is 5.91 Å². The predicted molar refractivity (Wildman–Crippen MR) is 98.0 cm³/mol. The Morgan fingerprint density at radius 1 is 1.27 bits per heavy atom. The Bertz CT molecular complexity index is 864. The molecule has 1 amide bonds. The van der Waals surface area contributed by atoms with Crippen molar-refractivity contribution in [2.24, 2.45) is 0 Å². The van der Waals surface area contributed by atoms with Crippen molar-refractivity contribution >= 4 is 17.5 Å². The van der Waals surface area contributed by atoms with Crippen LogP contribution < -0.4 is 15.4 Å². The first-order valence-electron chi connectivity index (χ1n) is 8.22. The minimum absolute atomic E-state index is 0.220. The summed E-state index contributed by atoms with van der Waals surface area (Å²) in [6.07, 6.45) is 3.49. The monoisotopic (exact) mass is 352 g/mol. The zero-order valence-corrected chi connectivity index (χ0v) is 14.6. The molecule has 1 unspecified atom stereocenters. The quantitative estimate of drug-likeness (QED) is 0.677. The highest BCUT2D eigenvalue weighted by molar-refractivity contribution is 5.95. The Balaban J connectivity index is 1.56. The second kappa shape index (κ2) is 8.15. The lowest BCUT2D eigenvalue weighted by molar-refractivity contribution is -0.116. The maximum atomic E-state index is 12.2. The van der Waals surface area contributed by atoms with Gasteiger partial charge in [-0.3, -0.25) is 15.1 Å². The number of anilines is 2. The molecule has 2 aromatic heterocycles. The molecule has 0 radical (unpaired) electrons. The van der Waals surface area contributed by atoms with Gasteiger partial charge >= 0.3 is 0 Å². The van der Waals surface area contributed by atoms with Crippen LogP contribution in [0.1, 0.15) is 18.2 Å². The van der Waals surface area contributed by atoms with E-state index in [1.54, 1.807) is 32.3 Å². The van der Waals surface area contributed by atoms with Crippen LogP contribution in [0.5, 0.6) is 5.75 Å². The number of aromatic nitrogens is 2. The van der Waals surface area contributed by atoms with Gasteiger partial charge in [0.1, 0.15) is 18.4 Å². The van der Waals surface area contributed by atoms with Crippen molar-refractivity contribution in [3.8, 4) is 5.75 Å². The zero-order valence-electron chi connectivity index (χ0n) is 14.6. The molecule has 1 atom stereocenters. The molecule has 0 spiro atoms. The van der Waals surface area contributed by atoms with Crippen LogP contribution in [0.15, 0.2) is 59.4 Å². The first-order chi connectivity index (χ1) is 12.6. The fourth-order valence-electron chi connectivity index (χ4n) is 2.29. The van der Waals surface area contributed by atoms with Crippen LogP contribution in [0.2, 0.25) is 0 Å². The summed E-state index contributed by atoms with van der Waals surface area (Å²) in [5.74, 6) is 0.815. The van der Waals surface area contributed by atoms with E-state index in [1.165, 1.54) is 0 Å². The number of hydrogen-bond acceptors (Lipinski definition) is 6. The maximum absolute atomic E-state index is 12.2. The molecular weight excluding hydrogens is 332 g/mol. The van der Waals surface area contributed by atoms with E-state index in [1.807, 2.05) is 36.4 Å². The summed E-state index contributed by atoms with van der Waals surface area (Å²) in [6.45, 7) is 3.98. The van der Waals surface area contributed by atoms with Gasteiger partial charge in [-0.25, -0.2) is 0 Å². The van der Waals surface area contributed by atoms with Crippen LogP contribution in [-0.4, -0.2) is 22.1 Å². The molecule has 3 rings (SSSR count). The van der Waals surface area contributed by atoms with E-state index in [0.717, 1.165) is 11.3 Å². The molecule has 7 nitrogen and oxygen atoms in total. The molecule has 2 heterocycles. The van der Waals surface area contributed by atoms with Crippen molar-refractivity contribution < 1.29 is 14.1 Å². The zero-order chi connectivity index (χ0) is 18.4. The van der Waals surface area contributed by atoms with Crippen LogP contribution in [0.25, 0.3) is 0 Å². The van der Waals surface area contributed by atoms with Crippen molar-refractivity contribution in [1.82, 2.24) is 10.1 Å². The highest BCUT2D eigenvalue weighted by Crippen LogP contribution is 2.19. The van der Waals surface area contributed by atoms with E-state index in [4.69, 9.17) is 9.26 Å². The van der Waals surface area contributed by atoms with E-state index in [9.17, 15) is 4.79 Å². The van der Waals surface area contributed by atoms with Crippen molar-refractivity contribution in [2.75, 3.05) is 10.6 Å². The standard InChI is InChI=1S/C19H20N4O3/c1-13-9-18(26-23-13)22-19(24)14(2)21-16-6-3-7-17(10-16)25-12-15-5-4-8-20-11-15/h3-11,14,21H,12H2,1-2H3,(H,22,24). The summed E-state index contributed by atoms with van der Waals surface area (Å²) in [6, 6.07) is 12.5. The van der Waals surface area contributed by atoms with Crippen LogP contribution >= 0.6 is 0 Å². The smallest absolute Gasteiger partial charge is 0.248 e. The number of carbonyl (C=O) groups is 1. The predicted octanol–water partition coefficient (Wildman–Crippen LogP) is 3.40. The number of hydrogen-bond donors (Lipinski definition) is 2. The van der Waals surface area contributed by atoms with Gasteiger partial charge in [0.25, 0.3) is 0 Å². The third-order valence-electron chi connectivity index (χ3n) is 3.61. The minimum atomic E-state index is -0.464. The number of rotatable bonds is 7. The van der Waals surface area contributed by atoms with Crippen molar-refractivity contribution in [2.45, 2.75) is 26.5 Å². The maximum Gasteiger partial charge on any atom is 0.248 e. The molecule has 1 aromatic carbocycles. The van der Waals surface area contributed by atoms with Crippen molar-refractivity contribution in [1.29, 1.82) is 0 Å². The molecule has 0 saturated carbocycles. The van der Waals surface area contributed by atoms with E-state index >= 15 is 0 Å². The summed E-state index contributed by atoms with van der Waals surface area (Å²) in [5, 5.41) is 9.55. The lowest BCUT2D eigenvalue weighted by atomic mass is 10.2. The fourth-order valence-corrected chi connectivity index (χ4v) is 2.29. The first kappa shape index (κ1) is 17.5. The lowest BCUT2D eigenvalue weighted by Crippen LogP contribution is -2.31.